The Labute approximate surface area is 465 Å². The fraction of sp³-hybridized carbons (Fsp3) is 0.754. The molecule has 0 fully saturated rings. The molecule has 0 aliphatic carbocycles. The van der Waals surface area contributed by atoms with Gasteiger partial charge < -0.3 is 14.2 Å². The number of esters is 3. The second-order valence-electron chi connectivity index (χ2n) is 21.3. The summed E-state index contributed by atoms with van der Waals surface area (Å²) in [7, 11) is 0. The third-order valence-corrected chi connectivity index (χ3v) is 13.8. The van der Waals surface area contributed by atoms with Crippen LogP contribution in [0.5, 0.6) is 0 Å². The molecule has 0 rings (SSSR count). The van der Waals surface area contributed by atoms with Gasteiger partial charge >= 0.3 is 17.9 Å². The Morgan fingerprint density at radius 1 is 0.280 bits per heavy atom. The number of allylic oxidation sites excluding steroid dienone is 14. The molecular formula is C69H120O6. The van der Waals surface area contributed by atoms with Crippen molar-refractivity contribution in [3.8, 4) is 0 Å². The summed E-state index contributed by atoms with van der Waals surface area (Å²) in [4.78, 5) is 38.3. The van der Waals surface area contributed by atoms with Gasteiger partial charge in [0.1, 0.15) is 13.2 Å². The molecule has 75 heavy (non-hydrogen) atoms. The van der Waals surface area contributed by atoms with Crippen molar-refractivity contribution >= 4 is 17.9 Å². The first-order chi connectivity index (χ1) is 37.0. The van der Waals surface area contributed by atoms with E-state index in [4.69, 9.17) is 14.2 Å². The van der Waals surface area contributed by atoms with E-state index in [1.807, 2.05) is 0 Å². The molecule has 6 nitrogen and oxygen atoms in total. The van der Waals surface area contributed by atoms with Gasteiger partial charge in [-0.25, -0.2) is 0 Å². The van der Waals surface area contributed by atoms with E-state index in [2.05, 4.69) is 106 Å². The molecule has 0 spiro atoms. The lowest BCUT2D eigenvalue weighted by Gasteiger charge is -2.18. The molecule has 0 aliphatic heterocycles. The van der Waals surface area contributed by atoms with E-state index in [-0.39, 0.29) is 31.1 Å². The minimum absolute atomic E-state index is 0.0813. The maximum absolute atomic E-state index is 12.9. The lowest BCUT2D eigenvalue weighted by molar-refractivity contribution is -0.167. The van der Waals surface area contributed by atoms with Crippen molar-refractivity contribution in [2.75, 3.05) is 13.2 Å². The lowest BCUT2D eigenvalue weighted by atomic mass is 10.0. The highest BCUT2D eigenvalue weighted by molar-refractivity contribution is 5.71. The quantitative estimate of drug-likeness (QED) is 0.0261. The molecule has 432 valence electrons. The van der Waals surface area contributed by atoms with Gasteiger partial charge in [0.2, 0.25) is 0 Å². The van der Waals surface area contributed by atoms with Crippen molar-refractivity contribution in [1.29, 1.82) is 0 Å². The lowest BCUT2D eigenvalue weighted by Crippen LogP contribution is -2.30. The van der Waals surface area contributed by atoms with Gasteiger partial charge in [-0.3, -0.25) is 14.4 Å². The van der Waals surface area contributed by atoms with Gasteiger partial charge in [0.15, 0.2) is 6.10 Å². The number of unbranched alkanes of at least 4 members (excludes halogenated alkanes) is 33. The van der Waals surface area contributed by atoms with Crippen molar-refractivity contribution in [3.05, 3.63) is 85.1 Å². The summed E-state index contributed by atoms with van der Waals surface area (Å²) < 4.78 is 16.9. The molecule has 0 saturated carbocycles. The largest absolute Gasteiger partial charge is 0.462 e. The van der Waals surface area contributed by atoms with Gasteiger partial charge in [0.05, 0.1) is 0 Å². The first-order valence-electron chi connectivity index (χ1n) is 32.1. The molecule has 0 heterocycles. The third kappa shape index (κ3) is 61.3. The topological polar surface area (TPSA) is 78.9 Å². The summed E-state index contributed by atoms with van der Waals surface area (Å²) in [6.07, 6.45) is 83.0. The second kappa shape index (κ2) is 63.1. The zero-order chi connectivity index (χ0) is 54.3. The van der Waals surface area contributed by atoms with E-state index in [0.717, 1.165) is 109 Å². The van der Waals surface area contributed by atoms with Crippen LogP contribution in [0.3, 0.4) is 0 Å². The number of carbonyl (C=O) groups excluding carboxylic acids is 3. The van der Waals surface area contributed by atoms with Gasteiger partial charge in [-0.1, -0.05) is 273 Å². The number of hydrogen-bond donors (Lipinski definition) is 0. The molecule has 0 amide bonds. The van der Waals surface area contributed by atoms with E-state index in [0.29, 0.717) is 19.3 Å². The fourth-order valence-corrected chi connectivity index (χ4v) is 9.06. The van der Waals surface area contributed by atoms with Crippen LogP contribution in [0.25, 0.3) is 0 Å². The zero-order valence-electron chi connectivity index (χ0n) is 49.6. The van der Waals surface area contributed by atoms with E-state index in [9.17, 15) is 14.4 Å². The first-order valence-corrected chi connectivity index (χ1v) is 32.1. The van der Waals surface area contributed by atoms with Crippen LogP contribution in [0.1, 0.15) is 316 Å². The predicted octanol–water partition coefficient (Wildman–Crippen LogP) is 21.9. The monoisotopic (exact) mass is 1040 g/mol. The van der Waals surface area contributed by atoms with Crippen LogP contribution in [0, 0.1) is 0 Å². The molecule has 0 aromatic rings. The van der Waals surface area contributed by atoms with E-state index < -0.39 is 6.10 Å². The molecule has 0 aliphatic rings. The van der Waals surface area contributed by atoms with Crippen molar-refractivity contribution in [1.82, 2.24) is 0 Å². The Morgan fingerprint density at radius 2 is 0.547 bits per heavy atom. The molecule has 0 radical (unpaired) electrons. The normalized spacial score (nSPS) is 12.6. The molecule has 1 atom stereocenters. The Morgan fingerprint density at radius 3 is 0.880 bits per heavy atom. The number of rotatable bonds is 58. The van der Waals surface area contributed by atoms with Crippen LogP contribution >= 0.6 is 0 Å². The molecule has 1 unspecified atom stereocenters. The highest BCUT2D eigenvalue weighted by atomic mass is 16.6. The van der Waals surface area contributed by atoms with Crippen molar-refractivity contribution in [3.63, 3.8) is 0 Å². The minimum Gasteiger partial charge on any atom is -0.462 e. The van der Waals surface area contributed by atoms with Crippen molar-refractivity contribution in [2.45, 2.75) is 322 Å². The summed E-state index contributed by atoms with van der Waals surface area (Å²) in [6, 6.07) is 0. The van der Waals surface area contributed by atoms with E-state index >= 15 is 0 Å². The number of carbonyl (C=O) groups is 3. The summed E-state index contributed by atoms with van der Waals surface area (Å²) in [6.45, 7) is 6.48. The van der Waals surface area contributed by atoms with Crippen LogP contribution in [-0.2, 0) is 28.6 Å². The molecule has 0 N–H and O–H groups in total. The van der Waals surface area contributed by atoms with Crippen molar-refractivity contribution in [2.24, 2.45) is 0 Å². The Kier molecular flexibility index (Phi) is 60.3. The molecule has 6 heteroatoms. The van der Waals surface area contributed by atoms with Crippen LogP contribution in [0.2, 0.25) is 0 Å². The maximum Gasteiger partial charge on any atom is 0.306 e. The molecule has 0 aromatic heterocycles. The Balaban J connectivity index is 4.30. The van der Waals surface area contributed by atoms with Crippen molar-refractivity contribution < 1.29 is 28.6 Å². The molecule has 0 aromatic carbocycles. The maximum atomic E-state index is 12.9. The SMILES string of the molecule is CC/C=C\C/C=C\C/C=C\C/C=C\CCCCCCCCCCCCCCC(=O)OCC(COC(=O)CCCCCCC/C=C\C/C=C\CCC)OC(=O)CCCCCCCCCCC/C=C\CCCCCCCC. The smallest absolute Gasteiger partial charge is 0.306 e. The van der Waals surface area contributed by atoms with Crippen LogP contribution < -0.4 is 0 Å². The number of ether oxygens (including phenoxy) is 3. The summed E-state index contributed by atoms with van der Waals surface area (Å²) in [5.74, 6) is -0.888. The summed E-state index contributed by atoms with van der Waals surface area (Å²) in [5.41, 5.74) is 0. The van der Waals surface area contributed by atoms with Gasteiger partial charge in [-0.2, -0.15) is 0 Å². The Hall–Kier alpha value is -3.41. The Bertz CT molecular complexity index is 1430. The number of hydrogen-bond acceptors (Lipinski definition) is 6. The van der Waals surface area contributed by atoms with Crippen LogP contribution in [0.15, 0.2) is 85.1 Å². The summed E-state index contributed by atoms with van der Waals surface area (Å²) in [5, 5.41) is 0. The first kappa shape index (κ1) is 71.6. The molecule has 0 bridgehead atoms. The highest BCUT2D eigenvalue weighted by Gasteiger charge is 2.19. The fourth-order valence-electron chi connectivity index (χ4n) is 9.06. The highest BCUT2D eigenvalue weighted by Crippen LogP contribution is 2.16. The van der Waals surface area contributed by atoms with E-state index in [1.54, 1.807) is 0 Å². The zero-order valence-corrected chi connectivity index (χ0v) is 49.6. The molecule has 0 saturated heterocycles. The average Bonchev–Trinajstić information content (AvgIpc) is 3.41. The van der Waals surface area contributed by atoms with Gasteiger partial charge in [-0.15, -0.1) is 0 Å². The summed E-state index contributed by atoms with van der Waals surface area (Å²) >= 11 is 0. The molecular weight excluding hydrogens is 925 g/mol. The van der Waals surface area contributed by atoms with E-state index in [1.165, 1.54) is 167 Å². The van der Waals surface area contributed by atoms with Gasteiger partial charge in [0.25, 0.3) is 0 Å². The van der Waals surface area contributed by atoms with Gasteiger partial charge in [0, 0.05) is 19.3 Å². The second-order valence-corrected chi connectivity index (χ2v) is 21.3. The third-order valence-electron chi connectivity index (χ3n) is 13.8. The van der Waals surface area contributed by atoms with Crippen LogP contribution in [0.4, 0.5) is 0 Å². The van der Waals surface area contributed by atoms with Crippen LogP contribution in [-0.4, -0.2) is 37.2 Å². The standard InChI is InChI=1S/C69H120O6/c1-4-7-10-13-16-19-22-25-27-29-31-32-33-34-35-36-38-39-41-44-47-50-53-56-59-62-68(71)74-65-66(64-73-67(70)61-58-55-52-49-46-43-24-21-18-15-12-9-6-3)75-69(72)63-60-57-54-51-48-45-42-40-37-30-28-26-23-20-17-14-11-8-5-2/h7,10,12,15-16,19,21,24-28,31-32,66H,4-6,8-9,11,13-14,17-18,20,22-23,29-30,33-65H2,1-3H3/b10-7-,15-12-,19-16-,24-21-,27-25-,28-26-,32-31-. The minimum atomic E-state index is -0.785. The van der Waals surface area contributed by atoms with Gasteiger partial charge in [-0.05, 0) is 109 Å². The predicted molar refractivity (Wildman–Crippen MR) is 325 cm³/mol. The average molecular weight is 1050 g/mol.